The van der Waals surface area contributed by atoms with Crippen molar-refractivity contribution in [3.05, 3.63) is 72.6 Å². The predicted octanol–water partition coefficient (Wildman–Crippen LogP) is 6.37. The van der Waals surface area contributed by atoms with Crippen molar-refractivity contribution in [2.75, 3.05) is 0 Å². The van der Waals surface area contributed by atoms with E-state index in [0.717, 1.165) is 25.3 Å². The molecule has 0 saturated heterocycles. The Morgan fingerprint density at radius 2 is 1.27 bits per heavy atom. The van der Waals surface area contributed by atoms with Gasteiger partial charge < -0.3 is 9.99 Å². The number of aliphatic carboxylic acids is 1. The number of carboxylic acids is 1. The molecule has 0 aromatic heterocycles. The van der Waals surface area contributed by atoms with E-state index in [-0.39, 0.29) is 0 Å². The molecule has 0 bridgehead atoms. The van der Waals surface area contributed by atoms with E-state index in [4.69, 9.17) is 10.4 Å². The molecular formula is C22H32O4. The number of hydrogen-bond donors (Lipinski definition) is 2. The zero-order chi connectivity index (χ0) is 19.3. The average Bonchev–Trinajstić information content (AvgIpc) is 2.63. The summed E-state index contributed by atoms with van der Waals surface area (Å²) in [7, 11) is 0. The molecule has 0 heterocycles. The van der Waals surface area contributed by atoms with Gasteiger partial charge in [0, 0.05) is 12.5 Å². The van der Waals surface area contributed by atoms with Gasteiger partial charge in [0.1, 0.15) is 5.76 Å². The van der Waals surface area contributed by atoms with Gasteiger partial charge in [-0.1, -0.05) is 100 Å². The van der Waals surface area contributed by atoms with Crippen LogP contribution in [0.5, 0.6) is 0 Å². The van der Waals surface area contributed by atoms with Gasteiger partial charge in [-0.15, -0.1) is 0 Å². The van der Waals surface area contributed by atoms with Gasteiger partial charge in [-0.3, -0.25) is 0 Å². The van der Waals surface area contributed by atoms with Crippen LogP contribution in [0.4, 0.5) is 0 Å². The highest BCUT2D eigenvalue weighted by atomic mass is 17.1. The molecule has 0 amide bonds. The highest BCUT2D eigenvalue weighted by Gasteiger charge is 1.97. The summed E-state index contributed by atoms with van der Waals surface area (Å²) in [5.74, 6) is -0.387. The van der Waals surface area contributed by atoms with Gasteiger partial charge in [0.05, 0.1) is 0 Å². The molecule has 2 N–H and O–H groups in total. The molecule has 0 unspecified atom stereocenters. The lowest BCUT2D eigenvalue weighted by atomic mass is 10.1. The zero-order valence-corrected chi connectivity index (χ0v) is 15.7. The Labute approximate surface area is 157 Å². The summed E-state index contributed by atoms with van der Waals surface area (Å²) in [6.07, 6.45) is 28.1. The van der Waals surface area contributed by atoms with Crippen molar-refractivity contribution >= 4 is 5.97 Å². The van der Waals surface area contributed by atoms with Gasteiger partial charge in [0.2, 0.25) is 0 Å². The van der Waals surface area contributed by atoms with Gasteiger partial charge in [-0.2, -0.15) is 0 Å². The highest BCUT2D eigenvalue weighted by molar-refractivity contribution is 5.80. The van der Waals surface area contributed by atoms with E-state index in [1.807, 2.05) is 30.4 Å². The molecule has 144 valence electrons. The standard InChI is InChI=1S/C22H32O4/c1-2-3-4-5-9-12-15-18-21(26-25)19-16-13-10-7-6-8-11-14-17-20-22(23)24/h6-8,10-11,13-14,16-17,19-20,25H,2-5,9,12,15,18H2,1H3,(H,23,24). The second-order valence-electron chi connectivity index (χ2n) is 5.83. The zero-order valence-electron chi connectivity index (χ0n) is 15.7. The van der Waals surface area contributed by atoms with Crippen LogP contribution in [0.2, 0.25) is 0 Å². The van der Waals surface area contributed by atoms with Crippen molar-refractivity contribution in [2.45, 2.75) is 58.3 Å². The molecule has 26 heavy (non-hydrogen) atoms. The van der Waals surface area contributed by atoms with Gasteiger partial charge in [-0.25, -0.2) is 10.1 Å². The van der Waals surface area contributed by atoms with Crippen LogP contribution in [0.15, 0.2) is 72.6 Å². The molecule has 0 atom stereocenters. The van der Waals surface area contributed by atoms with Crippen molar-refractivity contribution in [1.82, 2.24) is 0 Å². The van der Waals surface area contributed by atoms with E-state index >= 15 is 0 Å². The summed E-state index contributed by atoms with van der Waals surface area (Å²) in [5.41, 5.74) is 0. The third-order valence-corrected chi connectivity index (χ3v) is 3.55. The first-order valence-electron chi connectivity index (χ1n) is 9.29. The first kappa shape index (κ1) is 23.7. The maximum Gasteiger partial charge on any atom is 0.328 e. The Morgan fingerprint density at radius 3 is 1.81 bits per heavy atom. The van der Waals surface area contributed by atoms with E-state index < -0.39 is 5.97 Å². The van der Waals surface area contributed by atoms with Crippen LogP contribution >= 0.6 is 0 Å². The first-order chi connectivity index (χ1) is 12.7. The van der Waals surface area contributed by atoms with E-state index in [2.05, 4.69) is 11.8 Å². The Bertz CT molecular complexity index is 522. The number of hydrogen-bond acceptors (Lipinski definition) is 3. The van der Waals surface area contributed by atoms with Crippen LogP contribution in [0.1, 0.15) is 58.3 Å². The monoisotopic (exact) mass is 360 g/mol. The van der Waals surface area contributed by atoms with Crippen LogP contribution in [0.25, 0.3) is 0 Å². The molecule has 0 aliphatic rings. The first-order valence-corrected chi connectivity index (χ1v) is 9.29. The van der Waals surface area contributed by atoms with E-state index in [1.54, 1.807) is 24.3 Å². The van der Waals surface area contributed by atoms with Crippen molar-refractivity contribution < 1.29 is 20.0 Å². The Balaban J connectivity index is 3.95. The molecule has 4 nitrogen and oxygen atoms in total. The minimum Gasteiger partial charge on any atom is -0.478 e. The molecule has 0 aliphatic carbocycles. The third-order valence-electron chi connectivity index (χ3n) is 3.55. The summed E-state index contributed by atoms with van der Waals surface area (Å²) in [4.78, 5) is 14.6. The van der Waals surface area contributed by atoms with Crippen LogP contribution < -0.4 is 0 Å². The second kappa shape index (κ2) is 19.0. The van der Waals surface area contributed by atoms with Gasteiger partial charge in [0.15, 0.2) is 0 Å². The molecule has 0 aromatic rings. The van der Waals surface area contributed by atoms with Gasteiger partial charge in [0.25, 0.3) is 0 Å². The van der Waals surface area contributed by atoms with Crippen molar-refractivity contribution in [2.24, 2.45) is 0 Å². The lowest BCUT2D eigenvalue weighted by Crippen LogP contribution is -1.88. The topological polar surface area (TPSA) is 66.8 Å². The average molecular weight is 360 g/mol. The molecule has 0 rings (SSSR count). The van der Waals surface area contributed by atoms with Crippen LogP contribution in [0.3, 0.4) is 0 Å². The summed E-state index contributed by atoms with van der Waals surface area (Å²) < 4.78 is 0. The number of allylic oxidation sites excluding steroid dienone is 11. The third kappa shape index (κ3) is 18.0. The van der Waals surface area contributed by atoms with Gasteiger partial charge in [-0.05, 0) is 12.5 Å². The Kier molecular flexibility index (Phi) is 17.3. The SMILES string of the molecule is CCCCCCCCCC(=CC=CC=CC=CC=CC=CC(=O)O)OO. The fourth-order valence-electron chi connectivity index (χ4n) is 2.17. The molecule has 0 radical (unpaired) electrons. The smallest absolute Gasteiger partial charge is 0.328 e. The number of rotatable bonds is 15. The molecular weight excluding hydrogens is 328 g/mol. The van der Waals surface area contributed by atoms with Crippen LogP contribution in [0, 0.1) is 0 Å². The van der Waals surface area contributed by atoms with E-state index in [1.165, 1.54) is 38.2 Å². The van der Waals surface area contributed by atoms with Crippen molar-refractivity contribution in [3.63, 3.8) is 0 Å². The number of unbranched alkanes of at least 4 members (excludes halogenated alkanes) is 6. The molecule has 0 aliphatic heterocycles. The van der Waals surface area contributed by atoms with Crippen LogP contribution in [-0.4, -0.2) is 16.3 Å². The molecule has 0 fully saturated rings. The maximum absolute atomic E-state index is 10.2. The summed E-state index contributed by atoms with van der Waals surface area (Å²) in [6.45, 7) is 2.22. The maximum atomic E-state index is 10.2. The van der Waals surface area contributed by atoms with Crippen molar-refractivity contribution in [3.8, 4) is 0 Å². The molecule has 4 heteroatoms. The normalized spacial score (nSPS) is 13.2. The van der Waals surface area contributed by atoms with E-state index in [9.17, 15) is 4.79 Å². The molecule has 0 spiro atoms. The predicted molar refractivity (Wildman–Crippen MR) is 108 cm³/mol. The summed E-state index contributed by atoms with van der Waals surface area (Å²) in [6, 6.07) is 0. The summed E-state index contributed by atoms with van der Waals surface area (Å²) >= 11 is 0. The Hall–Kier alpha value is -2.33. The molecule has 0 saturated carbocycles. The van der Waals surface area contributed by atoms with E-state index in [0.29, 0.717) is 5.76 Å². The minimum atomic E-state index is -0.963. The minimum absolute atomic E-state index is 0.576. The summed E-state index contributed by atoms with van der Waals surface area (Å²) in [5, 5.41) is 17.3. The highest BCUT2D eigenvalue weighted by Crippen LogP contribution is 2.12. The van der Waals surface area contributed by atoms with Crippen molar-refractivity contribution in [1.29, 1.82) is 0 Å². The lowest BCUT2D eigenvalue weighted by Gasteiger charge is -2.03. The second-order valence-corrected chi connectivity index (χ2v) is 5.83. The fourth-order valence-corrected chi connectivity index (χ4v) is 2.17. The Morgan fingerprint density at radius 1 is 0.769 bits per heavy atom. The number of carbonyl (C=O) groups is 1. The quantitative estimate of drug-likeness (QED) is 0.0889. The molecule has 0 aromatic carbocycles. The number of carboxylic acid groups (broad SMARTS) is 1. The fraction of sp³-hybridized carbons (Fsp3) is 0.409. The van der Waals surface area contributed by atoms with Gasteiger partial charge >= 0.3 is 5.97 Å². The largest absolute Gasteiger partial charge is 0.478 e. The lowest BCUT2D eigenvalue weighted by molar-refractivity contribution is -0.205. The van der Waals surface area contributed by atoms with Crippen LogP contribution in [-0.2, 0) is 9.68 Å².